The van der Waals surface area contributed by atoms with Gasteiger partial charge >= 0.3 is 0 Å². The first-order valence-corrected chi connectivity index (χ1v) is 7.37. The van der Waals surface area contributed by atoms with E-state index in [9.17, 15) is 9.90 Å². The molecule has 0 saturated heterocycles. The molecule has 5 nitrogen and oxygen atoms in total. The quantitative estimate of drug-likeness (QED) is 0.840. The third-order valence-electron chi connectivity index (χ3n) is 3.95. The van der Waals surface area contributed by atoms with E-state index in [2.05, 4.69) is 5.32 Å². The second-order valence-corrected chi connectivity index (χ2v) is 5.49. The largest absolute Gasteiger partial charge is 0.493 e. The Hall–Kier alpha value is -1.75. The van der Waals surface area contributed by atoms with Crippen LogP contribution in [-0.2, 0) is 4.79 Å². The van der Waals surface area contributed by atoms with Crippen molar-refractivity contribution in [1.82, 2.24) is 5.32 Å². The third-order valence-corrected chi connectivity index (χ3v) is 3.95. The Kier molecular flexibility index (Phi) is 5.44. The first-order valence-electron chi connectivity index (χ1n) is 7.37. The molecule has 0 aliphatic heterocycles. The molecule has 0 atom stereocenters. The SMILES string of the molecule is COc1ccccc1OCC(=O)NC1(CO)CCCCC1. The van der Waals surface area contributed by atoms with Crippen LogP contribution in [0.25, 0.3) is 0 Å². The summed E-state index contributed by atoms with van der Waals surface area (Å²) in [6, 6.07) is 7.21. The van der Waals surface area contributed by atoms with Crippen molar-refractivity contribution in [3.8, 4) is 11.5 Å². The minimum Gasteiger partial charge on any atom is -0.493 e. The van der Waals surface area contributed by atoms with Gasteiger partial charge in [-0.05, 0) is 25.0 Å². The van der Waals surface area contributed by atoms with Crippen molar-refractivity contribution < 1.29 is 19.4 Å². The molecule has 0 aromatic heterocycles. The van der Waals surface area contributed by atoms with Gasteiger partial charge in [0.25, 0.3) is 5.91 Å². The molecule has 2 rings (SSSR count). The number of hydrogen-bond acceptors (Lipinski definition) is 4. The third kappa shape index (κ3) is 4.11. The van der Waals surface area contributed by atoms with Crippen molar-refractivity contribution in [3.63, 3.8) is 0 Å². The van der Waals surface area contributed by atoms with Gasteiger partial charge in [-0.1, -0.05) is 31.4 Å². The van der Waals surface area contributed by atoms with Gasteiger partial charge in [0, 0.05) is 0 Å². The van der Waals surface area contributed by atoms with Gasteiger partial charge in [-0.2, -0.15) is 0 Å². The number of rotatable bonds is 6. The Morgan fingerprint density at radius 3 is 2.52 bits per heavy atom. The number of methoxy groups -OCH3 is 1. The van der Waals surface area contributed by atoms with E-state index in [0.29, 0.717) is 11.5 Å². The van der Waals surface area contributed by atoms with E-state index in [1.54, 1.807) is 19.2 Å². The van der Waals surface area contributed by atoms with Crippen molar-refractivity contribution in [2.75, 3.05) is 20.3 Å². The van der Waals surface area contributed by atoms with Gasteiger partial charge in [0.2, 0.25) is 0 Å². The molecule has 0 bridgehead atoms. The number of carbonyl (C=O) groups excluding carboxylic acids is 1. The second kappa shape index (κ2) is 7.31. The summed E-state index contributed by atoms with van der Waals surface area (Å²) < 4.78 is 10.7. The highest BCUT2D eigenvalue weighted by Gasteiger charge is 2.32. The lowest BCUT2D eigenvalue weighted by Crippen LogP contribution is -2.53. The number of carbonyl (C=O) groups is 1. The Morgan fingerprint density at radius 2 is 1.90 bits per heavy atom. The van der Waals surface area contributed by atoms with Crippen LogP contribution in [0.1, 0.15) is 32.1 Å². The molecule has 1 aliphatic carbocycles. The van der Waals surface area contributed by atoms with Crippen molar-refractivity contribution in [2.24, 2.45) is 0 Å². The smallest absolute Gasteiger partial charge is 0.258 e. The topological polar surface area (TPSA) is 67.8 Å². The van der Waals surface area contributed by atoms with E-state index < -0.39 is 5.54 Å². The number of aliphatic hydroxyl groups excluding tert-OH is 1. The monoisotopic (exact) mass is 293 g/mol. The molecule has 0 unspecified atom stereocenters. The molecule has 1 aliphatic rings. The molecule has 1 saturated carbocycles. The van der Waals surface area contributed by atoms with E-state index in [1.165, 1.54) is 0 Å². The Balaban J connectivity index is 1.89. The van der Waals surface area contributed by atoms with Crippen LogP contribution >= 0.6 is 0 Å². The number of hydrogen-bond donors (Lipinski definition) is 2. The van der Waals surface area contributed by atoms with Gasteiger partial charge < -0.3 is 19.9 Å². The molecule has 1 aromatic carbocycles. The van der Waals surface area contributed by atoms with Gasteiger partial charge in [-0.3, -0.25) is 4.79 Å². The number of ether oxygens (including phenoxy) is 2. The van der Waals surface area contributed by atoms with Crippen LogP contribution in [-0.4, -0.2) is 36.9 Å². The Labute approximate surface area is 125 Å². The van der Waals surface area contributed by atoms with Crippen LogP contribution in [0.2, 0.25) is 0 Å². The first-order chi connectivity index (χ1) is 10.2. The highest BCUT2D eigenvalue weighted by Crippen LogP contribution is 2.28. The lowest BCUT2D eigenvalue weighted by atomic mass is 9.82. The minimum absolute atomic E-state index is 0.0204. The second-order valence-electron chi connectivity index (χ2n) is 5.49. The van der Waals surface area contributed by atoms with Gasteiger partial charge in [0.1, 0.15) is 0 Å². The minimum atomic E-state index is -0.473. The predicted molar refractivity (Wildman–Crippen MR) is 79.5 cm³/mol. The molecular formula is C16H23NO4. The van der Waals surface area contributed by atoms with Crippen molar-refractivity contribution >= 4 is 5.91 Å². The van der Waals surface area contributed by atoms with Crippen molar-refractivity contribution in [3.05, 3.63) is 24.3 Å². The van der Waals surface area contributed by atoms with E-state index in [1.807, 2.05) is 12.1 Å². The van der Waals surface area contributed by atoms with E-state index in [0.717, 1.165) is 32.1 Å². The summed E-state index contributed by atoms with van der Waals surface area (Å²) in [4.78, 5) is 12.1. The van der Waals surface area contributed by atoms with Gasteiger partial charge in [-0.15, -0.1) is 0 Å². The summed E-state index contributed by atoms with van der Waals surface area (Å²) in [6.45, 7) is -0.102. The highest BCUT2D eigenvalue weighted by atomic mass is 16.5. The van der Waals surface area contributed by atoms with Crippen LogP contribution in [0.4, 0.5) is 0 Å². The summed E-state index contributed by atoms with van der Waals surface area (Å²) >= 11 is 0. The fourth-order valence-corrected chi connectivity index (χ4v) is 2.76. The molecule has 116 valence electrons. The maximum atomic E-state index is 12.1. The zero-order chi connectivity index (χ0) is 15.1. The highest BCUT2D eigenvalue weighted by molar-refractivity contribution is 5.78. The first kappa shape index (κ1) is 15.6. The number of amides is 1. The molecule has 1 amide bonds. The maximum Gasteiger partial charge on any atom is 0.258 e. The Bertz CT molecular complexity index is 469. The van der Waals surface area contributed by atoms with Crippen LogP contribution in [0.3, 0.4) is 0 Å². The van der Waals surface area contributed by atoms with Crippen LogP contribution < -0.4 is 14.8 Å². The Morgan fingerprint density at radius 1 is 1.24 bits per heavy atom. The molecular weight excluding hydrogens is 270 g/mol. The zero-order valence-corrected chi connectivity index (χ0v) is 12.4. The average Bonchev–Trinajstić information content (AvgIpc) is 2.54. The number of aliphatic hydroxyl groups is 1. The summed E-state index contributed by atoms with van der Waals surface area (Å²) in [5, 5.41) is 12.5. The molecule has 1 aromatic rings. The molecule has 0 heterocycles. The van der Waals surface area contributed by atoms with Crippen LogP contribution in [0.5, 0.6) is 11.5 Å². The summed E-state index contributed by atoms with van der Waals surface area (Å²) in [6.07, 6.45) is 4.88. The normalized spacial score (nSPS) is 17.0. The zero-order valence-electron chi connectivity index (χ0n) is 12.4. The number of nitrogens with one attached hydrogen (secondary N) is 1. The maximum absolute atomic E-state index is 12.1. The summed E-state index contributed by atoms with van der Waals surface area (Å²) in [5.41, 5.74) is -0.473. The summed E-state index contributed by atoms with van der Waals surface area (Å²) in [5.74, 6) is 0.925. The van der Waals surface area contributed by atoms with E-state index >= 15 is 0 Å². The molecule has 0 radical (unpaired) electrons. The van der Waals surface area contributed by atoms with Gasteiger partial charge in [0.15, 0.2) is 18.1 Å². The molecule has 5 heteroatoms. The molecule has 2 N–H and O–H groups in total. The van der Waals surface area contributed by atoms with Crippen molar-refractivity contribution in [2.45, 2.75) is 37.6 Å². The lowest BCUT2D eigenvalue weighted by Gasteiger charge is -2.36. The summed E-state index contributed by atoms with van der Waals surface area (Å²) in [7, 11) is 1.56. The van der Waals surface area contributed by atoms with Crippen LogP contribution in [0, 0.1) is 0 Å². The van der Waals surface area contributed by atoms with E-state index in [4.69, 9.17) is 9.47 Å². The molecule has 21 heavy (non-hydrogen) atoms. The average molecular weight is 293 g/mol. The van der Waals surface area contributed by atoms with Crippen molar-refractivity contribution in [1.29, 1.82) is 0 Å². The fraction of sp³-hybridized carbons (Fsp3) is 0.562. The van der Waals surface area contributed by atoms with Gasteiger partial charge in [-0.25, -0.2) is 0 Å². The fourth-order valence-electron chi connectivity index (χ4n) is 2.76. The number of para-hydroxylation sites is 2. The molecule has 0 spiro atoms. The predicted octanol–water partition coefficient (Wildman–Crippen LogP) is 1.89. The number of benzene rings is 1. The van der Waals surface area contributed by atoms with Crippen LogP contribution in [0.15, 0.2) is 24.3 Å². The van der Waals surface area contributed by atoms with E-state index in [-0.39, 0.29) is 19.1 Å². The van der Waals surface area contributed by atoms with Gasteiger partial charge in [0.05, 0.1) is 19.3 Å². The molecule has 1 fully saturated rings. The standard InChI is InChI=1S/C16H23NO4/c1-20-13-7-3-4-8-14(13)21-11-15(19)17-16(12-18)9-5-2-6-10-16/h3-4,7-8,18H,2,5-6,9-12H2,1H3,(H,17,19). The lowest BCUT2D eigenvalue weighted by molar-refractivity contribution is -0.126.